The lowest BCUT2D eigenvalue weighted by atomic mass is 10.2. The molecule has 0 saturated heterocycles. The first-order chi connectivity index (χ1) is 5.65. The molecule has 76 valence electrons. The summed E-state index contributed by atoms with van der Waals surface area (Å²) in [5.74, 6) is 0. The van der Waals surface area contributed by atoms with Crippen LogP contribution in [0.4, 0.5) is 8.78 Å². The van der Waals surface area contributed by atoms with Gasteiger partial charge >= 0.3 is 6.55 Å². The molecule has 0 radical (unpaired) electrons. The summed E-state index contributed by atoms with van der Waals surface area (Å²) in [6, 6.07) is 1.27. The Morgan fingerprint density at radius 3 is 2.62 bits per heavy atom. The highest BCUT2D eigenvalue weighted by molar-refractivity contribution is 5.85. The molecule has 1 heterocycles. The van der Waals surface area contributed by atoms with Crippen molar-refractivity contribution in [2.45, 2.75) is 25.9 Å². The molecule has 3 nitrogen and oxygen atoms in total. The maximum absolute atomic E-state index is 12.0. The van der Waals surface area contributed by atoms with E-state index in [1.807, 2.05) is 6.92 Å². The molecule has 1 aromatic heterocycles. The van der Waals surface area contributed by atoms with Gasteiger partial charge in [0.25, 0.3) is 0 Å². The number of halogens is 3. The van der Waals surface area contributed by atoms with Gasteiger partial charge in [0.15, 0.2) is 0 Å². The van der Waals surface area contributed by atoms with Gasteiger partial charge in [-0.15, -0.1) is 12.4 Å². The summed E-state index contributed by atoms with van der Waals surface area (Å²) in [6.45, 7) is -0.700. The topological polar surface area (TPSA) is 43.8 Å². The number of nitrogens with two attached hydrogens (primary N) is 1. The normalized spacial score (nSPS) is 12.7. The standard InChI is InChI=1S/C7H11F2N3.ClH/c1-2-5(10)6-3-4-12(11-6)7(8)9;/h3-5,7H,2,10H2,1H3;1H/t5-;/m0./s1. The molecule has 1 aromatic rings. The third-order valence-electron chi connectivity index (χ3n) is 1.65. The lowest BCUT2D eigenvalue weighted by Gasteiger charge is -2.03. The summed E-state index contributed by atoms with van der Waals surface area (Å²) >= 11 is 0. The van der Waals surface area contributed by atoms with Gasteiger partial charge in [-0.1, -0.05) is 6.92 Å². The maximum atomic E-state index is 12.0. The summed E-state index contributed by atoms with van der Waals surface area (Å²) in [6.07, 6.45) is 1.93. The lowest BCUT2D eigenvalue weighted by molar-refractivity contribution is 0.0560. The van der Waals surface area contributed by atoms with E-state index in [0.717, 1.165) is 0 Å². The molecule has 0 aliphatic carbocycles. The first-order valence-electron chi connectivity index (χ1n) is 3.74. The Morgan fingerprint density at radius 2 is 2.23 bits per heavy atom. The van der Waals surface area contributed by atoms with Crippen LogP contribution in [0.15, 0.2) is 12.3 Å². The van der Waals surface area contributed by atoms with Crippen molar-refractivity contribution in [3.63, 3.8) is 0 Å². The third kappa shape index (κ3) is 2.93. The SMILES string of the molecule is CC[C@H](N)c1ccn(C(F)F)n1.Cl. The van der Waals surface area contributed by atoms with Crippen molar-refractivity contribution in [2.75, 3.05) is 0 Å². The van der Waals surface area contributed by atoms with Crippen molar-refractivity contribution in [1.29, 1.82) is 0 Å². The van der Waals surface area contributed by atoms with Crippen LogP contribution in [0.25, 0.3) is 0 Å². The number of hydrogen-bond acceptors (Lipinski definition) is 2. The second kappa shape index (κ2) is 5.14. The van der Waals surface area contributed by atoms with Gasteiger partial charge in [-0.25, -0.2) is 4.68 Å². The Labute approximate surface area is 81.3 Å². The smallest absolute Gasteiger partial charge is 0.323 e. The monoisotopic (exact) mass is 211 g/mol. The third-order valence-corrected chi connectivity index (χ3v) is 1.65. The fourth-order valence-electron chi connectivity index (χ4n) is 0.868. The first-order valence-corrected chi connectivity index (χ1v) is 3.74. The Morgan fingerprint density at radius 1 is 1.62 bits per heavy atom. The summed E-state index contributed by atoms with van der Waals surface area (Å²) in [5.41, 5.74) is 6.10. The van der Waals surface area contributed by atoms with Crippen LogP contribution in [0.5, 0.6) is 0 Å². The van der Waals surface area contributed by atoms with Crippen LogP contribution in [0.3, 0.4) is 0 Å². The van der Waals surface area contributed by atoms with Crippen molar-refractivity contribution >= 4 is 12.4 Å². The molecule has 1 rings (SSSR count). The van der Waals surface area contributed by atoms with E-state index in [2.05, 4.69) is 5.10 Å². The fourth-order valence-corrected chi connectivity index (χ4v) is 0.868. The molecule has 2 N–H and O–H groups in total. The minimum absolute atomic E-state index is 0. The molecule has 0 saturated carbocycles. The Bertz CT molecular complexity index is 252. The number of rotatable bonds is 3. The van der Waals surface area contributed by atoms with Crippen molar-refractivity contribution in [3.05, 3.63) is 18.0 Å². The fraction of sp³-hybridized carbons (Fsp3) is 0.571. The highest BCUT2D eigenvalue weighted by Crippen LogP contribution is 2.14. The maximum Gasteiger partial charge on any atom is 0.333 e. The quantitative estimate of drug-likeness (QED) is 0.832. The predicted octanol–water partition coefficient (Wildman–Crippen LogP) is 2.11. The largest absolute Gasteiger partial charge is 0.333 e. The van der Waals surface area contributed by atoms with Crippen LogP contribution in [0, 0.1) is 0 Å². The molecule has 0 aromatic carbocycles. The second-order valence-corrected chi connectivity index (χ2v) is 2.51. The van der Waals surface area contributed by atoms with Crippen molar-refractivity contribution in [3.8, 4) is 0 Å². The average Bonchev–Trinajstić information content (AvgIpc) is 2.51. The van der Waals surface area contributed by atoms with Crippen LogP contribution < -0.4 is 5.73 Å². The molecule has 0 spiro atoms. The predicted molar refractivity (Wildman–Crippen MR) is 47.9 cm³/mol. The van der Waals surface area contributed by atoms with E-state index in [0.29, 0.717) is 16.8 Å². The van der Waals surface area contributed by atoms with Crippen molar-refractivity contribution in [1.82, 2.24) is 9.78 Å². The van der Waals surface area contributed by atoms with Gasteiger partial charge in [0.2, 0.25) is 0 Å². The molecule has 1 atom stereocenters. The average molecular weight is 212 g/mol. The highest BCUT2D eigenvalue weighted by Gasteiger charge is 2.10. The Kier molecular flexibility index (Phi) is 4.87. The molecule has 6 heteroatoms. The van der Waals surface area contributed by atoms with E-state index < -0.39 is 6.55 Å². The van der Waals surface area contributed by atoms with Gasteiger partial charge in [-0.05, 0) is 12.5 Å². The molecule has 0 aliphatic heterocycles. The van der Waals surface area contributed by atoms with E-state index in [1.54, 1.807) is 0 Å². The Balaban J connectivity index is 0.00000144. The van der Waals surface area contributed by atoms with Gasteiger partial charge in [0.05, 0.1) is 5.69 Å². The number of hydrogen-bond donors (Lipinski definition) is 1. The van der Waals surface area contributed by atoms with Crippen LogP contribution in [-0.4, -0.2) is 9.78 Å². The molecule has 0 unspecified atom stereocenters. The van der Waals surface area contributed by atoms with Gasteiger partial charge in [-0.3, -0.25) is 0 Å². The highest BCUT2D eigenvalue weighted by atomic mass is 35.5. The van der Waals surface area contributed by atoms with Crippen LogP contribution in [0.1, 0.15) is 31.6 Å². The van der Waals surface area contributed by atoms with E-state index in [9.17, 15) is 8.78 Å². The first kappa shape index (κ1) is 12.3. The Hall–Kier alpha value is -0.680. The lowest BCUT2D eigenvalue weighted by Crippen LogP contribution is -2.10. The zero-order chi connectivity index (χ0) is 9.14. The summed E-state index contributed by atoms with van der Waals surface area (Å²) in [4.78, 5) is 0. The van der Waals surface area contributed by atoms with Gasteiger partial charge in [0.1, 0.15) is 0 Å². The van der Waals surface area contributed by atoms with E-state index >= 15 is 0 Å². The molecule has 13 heavy (non-hydrogen) atoms. The zero-order valence-electron chi connectivity index (χ0n) is 7.15. The number of nitrogens with zero attached hydrogens (tertiary/aromatic N) is 2. The summed E-state index contributed by atoms with van der Waals surface area (Å²) in [7, 11) is 0. The molecule has 0 amide bonds. The zero-order valence-corrected chi connectivity index (χ0v) is 7.97. The minimum atomic E-state index is -2.58. The molecule has 0 bridgehead atoms. The summed E-state index contributed by atoms with van der Waals surface area (Å²) < 4.78 is 24.6. The second-order valence-electron chi connectivity index (χ2n) is 2.51. The van der Waals surface area contributed by atoms with Crippen molar-refractivity contribution < 1.29 is 8.78 Å². The van der Waals surface area contributed by atoms with Crippen LogP contribution >= 0.6 is 12.4 Å². The summed E-state index contributed by atoms with van der Waals surface area (Å²) in [5, 5.41) is 3.62. The van der Waals surface area contributed by atoms with Gasteiger partial charge in [0, 0.05) is 12.2 Å². The van der Waals surface area contributed by atoms with Crippen LogP contribution in [-0.2, 0) is 0 Å². The number of alkyl halides is 2. The molecular weight excluding hydrogens is 200 g/mol. The molecule has 0 fully saturated rings. The van der Waals surface area contributed by atoms with E-state index in [1.165, 1.54) is 12.3 Å². The van der Waals surface area contributed by atoms with Gasteiger partial charge in [-0.2, -0.15) is 13.9 Å². The van der Waals surface area contributed by atoms with Gasteiger partial charge < -0.3 is 5.73 Å². The number of aromatic nitrogens is 2. The minimum Gasteiger partial charge on any atom is -0.323 e. The van der Waals surface area contributed by atoms with E-state index in [4.69, 9.17) is 5.73 Å². The van der Waals surface area contributed by atoms with E-state index in [-0.39, 0.29) is 18.4 Å². The molecular formula is C7H12ClF2N3. The van der Waals surface area contributed by atoms with Crippen LogP contribution in [0.2, 0.25) is 0 Å². The van der Waals surface area contributed by atoms with Crippen molar-refractivity contribution in [2.24, 2.45) is 5.73 Å². The molecule has 0 aliphatic rings.